The largest absolute Gasteiger partial charge is 0.483 e. The highest BCUT2D eigenvalue weighted by molar-refractivity contribution is 7.92. The van der Waals surface area contributed by atoms with E-state index in [4.69, 9.17) is 21.5 Å². The Balaban J connectivity index is 0.00000123. The summed E-state index contributed by atoms with van der Waals surface area (Å²) < 4.78 is 43.5. The summed E-state index contributed by atoms with van der Waals surface area (Å²) >= 11 is 5.74. The Hall–Kier alpha value is -4.52. The van der Waals surface area contributed by atoms with Crippen LogP contribution in [0.3, 0.4) is 0 Å². The Labute approximate surface area is 259 Å². The van der Waals surface area contributed by atoms with Gasteiger partial charge in [0.25, 0.3) is 16.5 Å². The minimum atomic E-state index is -3.93. The SMILES string of the molecule is O=CO.O=S(=O)(Nc1ccc(Nc2cc(-c3ccc4c(ccn4CCN4CCCC4)c3)ncn2)cc1)c1ccc(F)c(Cl)c1. The molecule has 3 heterocycles. The first-order chi connectivity index (χ1) is 21.3. The number of carbonyl (C=O) groups is 1. The van der Waals surface area contributed by atoms with Crippen LogP contribution in [0.4, 0.5) is 21.6 Å². The van der Waals surface area contributed by atoms with Crippen molar-refractivity contribution in [2.45, 2.75) is 24.3 Å². The van der Waals surface area contributed by atoms with Crippen molar-refractivity contribution in [1.82, 2.24) is 19.4 Å². The monoisotopic (exact) mass is 636 g/mol. The fourth-order valence-corrected chi connectivity index (χ4v) is 6.35. The van der Waals surface area contributed by atoms with Crippen molar-refractivity contribution >= 4 is 56.2 Å². The summed E-state index contributed by atoms with van der Waals surface area (Å²) in [6.07, 6.45) is 6.26. The van der Waals surface area contributed by atoms with Gasteiger partial charge in [-0.25, -0.2) is 22.8 Å². The molecular weight excluding hydrogens is 607 g/mol. The van der Waals surface area contributed by atoms with Gasteiger partial charge in [0.1, 0.15) is 18.0 Å². The van der Waals surface area contributed by atoms with Crippen LogP contribution in [0, 0.1) is 5.82 Å². The number of anilines is 3. The summed E-state index contributed by atoms with van der Waals surface area (Å²) in [6, 6.07) is 20.3. The van der Waals surface area contributed by atoms with Crippen LogP contribution in [-0.4, -0.2) is 59.1 Å². The van der Waals surface area contributed by atoms with Crippen LogP contribution in [0.2, 0.25) is 5.02 Å². The summed E-state index contributed by atoms with van der Waals surface area (Å²) in [7, 11) is -3.93. The highest BCUT2D eigenvalue weighted by atomic mass is 35.5. The number of hydrogen-bond donors (Lipinski definition) is 3. The van der Waals surface area contributed by atoms with Gasteiger partial charge in [-0.1, -0.05) is 17.7 Å². The van der Waals surface area contributed by atoms with E-state index in [1.165, 1.54) is 37.8 Å². The molecule has 3 N–H and O–H groups in total. The number of nitrogens with zero attached hydrogens (tertiary/aromatic N) is 4. The normalized spacial score (nSPS) is 13.3. The van der Waals surface area contributed by atoms with Crippen LogP contribution in [0.25, 0.3) is 22.2 Å². The van der Waals surface area contributed by atoms with Crippen molar-refractivity contribution in [1.29, 1.82) is 0 Å². The van der Waals surface area contributed by atoms with Gasteiger partial charge in [0.05, 0.1) is 15.6 Å². The second-order valence-corrected chi connectivity index (χ2v) is 12.2. The molecular formula is C31H30ClFN6O4S. The number of halogens is 2. The molecule has 0 saturated carbocycles. The van der Waals surface area contributed by atoms with E-state index in [-0.39, 0.29) is 16.4 Å². The quantitative estimate of drug-likeness (QED) is 0.162. The molecule has 0 aliphatic carbocycles. The average molecular weight is 637 g/mol. The molecule has 44 heavy (non-hydrogen) atoms. The number of rotatable bonds is 9. The third kappa shape index (κ3) is 7.51. The van der Waals surface area contributed by atoms with Gasteiger partial charge in [0.2, 0.25) is 0 Å². The highest BCUT2D eigenvalue weighted by Gasteiger charge is 2.16. The van der Waals surface area contributed by atoms with Crippen molar-refractivity contribution in [3.8, 4) is 11.3 Å². The molecule has 6 rings (SSSR count). The van der Waals surface area contributed by atoms with Crippen LogP contribution in [0.5, 0.6) is 0 Å². The molecule has 0 radical (unpaired) electrons. The maximum absolute atomic E-state index is 13.4. The number of sulfonamides is 1. The maximum atomic E-state index is 13.4. The minimum Gasteiger partial charge on any atom is -0.483 e. The molecule has 0 spiro atoms. The summed E-state index contributed by atoms with van der Waals surface area (Å²) in [6.45, 7) is 4.20. The topological polar surface area (TPSA) is 129 Å². The van der Waals surface area contributed by atoms with Crippen molar-refractivity contribution in [2.75, 3.05) is 29.7 Å². The second kappa shape index (κ2) is 13.8. The zero-order valence-corrected chi connectivity index (χ0v) is 25.1. The molecule has 1 aliphatic heterocycles. The Kier molecular flexibility index (Phi) is 9.73. The summed E-state index contributed by atoms with van der Waals surface area (Å²) in [5.41, 5.74) is 4.05. The van der Waals surface area contributed by atoms with Crippen LogP contribution in [-0.2, 0) is 21.4 Å². The minimum absolute atomic E-state index is 0.128. The number of likely N-dealkylation sites (tertiary alicyclic amines) is 1. The first kappa shape index (κ1) is 30.9. The number of hydrogen-bond acceptors (Lipinski definition) is 7. The van der Waals surface area contributed by atoms with E-state index in [1.54, 1.807) is 24.3 Å². The van der Waals surface area contributed by atoms with Crippen molar-refractivity contribution in [2.24, 2.45) is 0 Å². The van der Waals surface area contributed by atoms with E-state index in [2.05, 4.69) is 59.9 Å². The van der Waals surface area contributed by atoms with Gasteiger partial charge >= 0.3 is 0 Å². The zero-order chi connectivity index (χ0) is 31.1. The van der Waals surface area contributed by atoms with E-state index >= 15 is 0 Å². The van der Waals surface area contributed by atoms with Gasteiger partial charge in [0.15, 0.2) is 0 Å². The van der Waals surface area contributed by atoms with E-state index in [0.29, 0.717) is 17.2 Å². The molecule has 2 aromatic heterocycles. The predicted molar refractivity (Wildman–Crippen MR) is 169 cm³/mol. The molecule has 0 unspecified atom stereocenters. The van der Waals surface area contributed by atoms with Crippen LogP contribution in [0.15, 0.2) is 90.2 Å². The average Bonchev–Trinajstić information content (AvgIpc) is 3.68. The highest BCUT2D eigenvalue weighted by Crippen LogP contribution is 2.27. The van der Waals surface area contributed by atoms with Gasteiger partial charge in [0, 0.05) is 53.2 Å². The lowest BCUT2D eigenvalue weighted by Crippen LogP contribution is -2.23. The van der Waals surface area contributed by atoms with Crippen molar-refractivity contribution in [3.63, 3.8) is 0 Å². The Morgan fingerprint density at radius 1 is 0.932 bits per heavy atom. The van der Waals surface area contributed by atoms with Crippen LogP contribution >= 0.6 is 11.6 Å². The molecule has 10 nitrogen and oxygen atoms in total. The Bertz CT molecular complexity index is 1860. The molecule has 0 atom stereocenters. The lowest BCUT2D eigenvalue weighted by Gasteiger charge is -2.15. The molecule has 1 saturated heterocycles. The number of aromatic nitrogens is 3. The molecule has 5 aromatic rings. The standard InChI is InChI=1S/C30H28ClFN6O2S.CH2O2/c31-26-18-25(8-9-27(26)32)41(39,40)36-24-6-4-23(5-7-24)35-30-19-28(33-20-34-30)21-3-10-29-22(17-21)11-14-38(29)16-15-37-12-1-2-13-37;2-1-3/h3-11,14,17-20,36H,1-2,12-13,15-16H2,(H,33,34,35);1H,(H,2,3). The van der Waals surface area contributed by atoms with Gasteiger partial charge in [-0.15, -0.1) is 0 Å². The number of fused-ring (bicyclic) bond motifs is 1. The Morgan fingerprint density at radius 2 is 1.66 bits per heavy atom. The molecule has 1 fully saturated rings. The van der Waals surface area contributed by atoms with Crippen LogP contribution < -0.4 is 10.0 Å². The number of benzene rings is 3. The molecule has 228 valence electrons. The van der Waals surface area contributed by atoms with E-state index < -0.39 is 15.8 Å². The van der Waals surface area contributed by atoms with E-state index in [0.717, 1.165) is 47.9 Å². The third-order valence-electron chi connectivity index (χ3n) is 7.20. The summed E-state index contributed by atoms with van der Waals surface area (Å²) in [5, 5.41) is 11.0. The zero-order valence-electron chi connectivity index (χ0n) is 23.5. The first-order valence-corrected chi connectivity index (χ1v) is 15.7. The number of carboxylic acid groups (broad SMARTS) is 1. The van der Waals surface area contributed by atoms with Crippen LogP contribution in [0.1, 0.15) is 12.8 Å². The maximum Gasteiger partial charge on any atom is 0.290 e. The smallest absolute Gasteiger partial charge is 0.290 e. The molecule has 0 amide bonds. The fourth-order valence-electron chi connectivity index (χ4n) is 5.02. The molecule has 13 heteroatoms. The molecule has 3 aromatic carbocycles. The van der Waals surface area contributed by atoms with Gasteiger partial charge in [-0.05, 0) is 86.6 Å². The molecule has 0 bridgehead atoms. The first-order valence-electron chi connectivity index (χ1n) is 13.8. The Morgan fingerprint density at radius 3 is 2.39 bits per heavy atom. The van der Waals surface area contributed by atoms with Gasteiger partial charge < -0.3 is 19.9 Å². The second-order valence-electron chi connectivity index (χ2n) is 10.1. The van der Waals surface area contributed by atoms with Crippen molar-refractivity contribution < 1.29 is 22.7 Å². The lowest BCUT2D eigenvalue weighted by molar-refractivity contribution is -0.122. The summed E-state index contributed by atoms with van der Waals surface area (Å²) in [4.78, 5) is 19.6. The van der Waals surface area contributed by atoms with Gasteiger partial charge in [-0.2, -0.15) is 0 Å². The molecule has 1 aliphatic rings. The number of nitrogens with one attached hydrogen (secondary N) is 2. The third-order valence-corrected chi connectivity index (χ3v) is 8.87. The van der Waals surface area contributed by atoms with E-state index in [9.17, 15) is 12.8 Å². The predicted octanol–water partition coefficient (Wildman–Crippen LogP) is 6.23. The van der Waals surface area contributed by atoms with Gasteiger partial charge in [-0.3, -0.25) is 9.52 Å². The lowest BCUT2D eigenvalue weighted by atomic mass is 10.1. The fraction of sp³-hybridized carbons (Fsp3) is 0.194. The van der Waals surface area contributed by atoms with Crippen molar-refractivity contribution in [3.05, 3.63) is 96.2 Å². The summed E-state index contributed by atoms with van der Waals surface area (Å²) in [5.74, 6) is -0.0792. The van der Waals surface area contributed by atoms with E-state index in [1.807, 2.05) is 6.07 Å².